The van der Waals surface area contributed by atoms with Gasteiger partial charge in [-0.3, -0.25) is 0 Å². The predicted octanol–water partition coefficient (Wildman–Crippen LogP) is 0.616. The first kappa shape index (κ1) is 11.9. The molecule has 0 bridgehead atoms. The van der Waals surface area contributed by atoms with Crippen LogP contribution in [0.4, 0.5) is 0 Å². The maximum Gasteiger partial charge on any atom is 0.259 e. The van der Waals surface area contributed by atoms with Crippen molar-refractivity contribution in [3.63, 3.8) is 0 Å². The second kappa shape index (κ2) is 5.08. The van der Waals surface area contributed by atoms with Crippen LogP contribution in [0.2, 0.25) is 0 Å². The monoisotopic (exact) mass is 329 g/mol. The third-order valence-electron chi connectivity index (χ3n) is 1.64. The maximum absolute atomic E-state index is 11.5. The zero-order valence-electron chi connectivity index (χ0n) is 7.77. The van der Waals surface area contributed by atoms with Gasteiger partial charge in [0, 0.05) is 23.7 Å². The van der Waals surface area contributed by atoms with E-state index >= 15 is 0 Å². The quantitative estimate of drug-likeness (QED) is 0.636. The molecule has 0 fully saturated rings. The third kappa shape index (κ3) is 2.92. The topological polar surface area (TPSA) is 64.0 Å². The van der Waals surface area contributed by atoms with Gasteiger partial charge in [0.2, 0.25) is 0 Å². The fourth-order valence-electron chi connectivity index (χ4n) is 0.898. The van der Waals surface area contributed by atoms with E-state index in [9.17, 15) is 8.42 Å². The lowest BCUT2D eigenvalue weighted by Gasteiger charge is -2.00. The molecule has 0 aliphatic rings. The maximum atomic E-state index is 11.5. The van der Waals surface area contributed by atoms with Gasteiger partial charge in [-0.25, -0.2) is 18.1 Å². The highest BCUT2D eigenvalue weighted by Crippen LogP contribution is 2.04. The Bertz CT molecular complexity index is 387. The van der Waals surface area contributed by atoms with Crippen LogP contribution in [-0.4, -0.2) is 28.9 Å². The lowest BCUT2D eigenvalue weighted by atomic mass is 10.7. The smallest absolute Gasteiger partial charge is 0.259 e. The molecule has 1 heterocycles. The molecule has 1 rings (SSSR count). The van der Waals surface area contributed by atoms with Crippen molar-refractivity contribution in [2.24, 2.45) is 0 Å². The summed E-state index contributed by atoms with van der Waals surface area (Å²) >= 11 is 2.11. The Kier molecular flexibility index (Phi) is 4.32. The highest BCUT2D eigenvalue weighted by molar-refractivity contribution is 14.1. The van der Waals surface area contributed by atoms with Gasteiger partial charge < -0.3 is 4.57 Å². The molecule has 0 aliphatic heterocycles. The second-order valence-electron chi connectivity index (χ2n) is 2.63. The summed E-state index contributed by atoms with van der Waals surface area (Å²) in [6, 6.07) is 0. The molecule has 1 N–H and O–H groups in total. The standard InChI is InChI=1S/C7H12IN3O2S/c1-2-11-5-7(9-6-11)14(12,13)10-4-3-8/h5-6,10H,2-4H2,1H3. The number of sulfonamides is 1. The van der Waals surface area contributed by atoms with E-state index in [1.807, 2.05) is 6.92 Å². The minimum Gasteiger partial charge on any atom is -0.336 e. The molecule has 0 saturated carbocycles. The van der Waals surface area contributed by atoms with Gasteiger partial charge in [-0.1, -0.05) is 22.6 Å². The molecule has 0 amide bonds. The van der Waals surface area contributed by atoms with Gasteiger partial charge >= 0.3 is 0 Å². The number of hydrogen-bond donors (Lipinski definition) is 1. The van der Waals surface area contributed by atoms with E-state index in [2.05, 4.69) is 32.3 Å². The minimum atomic E-state index is -3.40. The van der Waals surface area contributed by atoms with E-state index in [1.54, 1.807) is 4.57 Å². The molecule has 0 atom stereocenters. The van der Waals surface area contributed by atoms with Crippen molar-refractivity contribution in [2.75, 3.05) is 11.0 Å². The molecule has 0 unspecified atom stereocenters. The number of halogens is 1. The molecule has 14 heavy (non-hydrogen) atoms. The Hall–Kier alpha value is -0.150. The summed E-state index contributed by atoms with van der Waals surface area (Å²) in [4.78, 5) is 3.82. The zero-order valence-corrected chi connectivity index (χ0v) is 10.7. The molecule has 0 radical (unpaired) electrons. The number of aryl methyl sites for hydroxylation is 1. The number of aromatic nitrogens is 2. The fraction of sp³-hybridized carbons (Fsp3) is 0.571. The highest BCUT2D eigenvalue weighted by Gasteiger charge is 2.15. The Labute approximate surface area is 97.1 Å². The number of hydrogen-bond acceptors (Lipinski definition) is 3. The highest BCUT2D eigenvalue weighted by atomic mass is 127. The number of nitrogens with one attached hydrogen (secondary N) is 1. The summed E-state index contributed by atoms with van der Waals surface area (Å²) < 4.78 is 28.0. The average Bonchev–Trinajstić information content (AvgIpc) is 2.63. The first-order valence-electron chi connectivity index (χ1n) is 4.17. The summed E-state index contributed by atoms with van der Waals surface area (Å²) in [5, 5.41) is 0.0872. The van der Waals surface area contributed by atoms with Gasteiger partial charge in [0.15, 0.2) is 5.03 Å². The molecule has 0 saturated heterocycles. The van der Waals surface area contributed by atoms with E-state index < -0.39 is 10.0 Å². The van der Waals surface area contributed by atoms with Crippen molar-refractivity contribution in [1.82, 2.24) is 14.3 Å². The van der Waals surface area contributed by atoms with Crippen LogP contribution in [0.1, 0.15) is 6.92 Å². The molecule has 0 spiro atoms. The lowest BCUT2D eigenvalue weighted by molar-refractivity contribution is 0.581. The lowest BCUT2D eigenvalue weighted by Crippen LogP contribution is -2.25. The number of alkyl halides is 1. The largest absolute Gasteiger partial charge is 0.336 e. The first-order valence-corrected chi connectivity index (χ1v) is 7.18. The van der Waals surface area contributed by atoms with Crippen molar-refractivity contribution >= 4 is 32.6 Å². The van der Waals surface area contributed by atoms with Gasteiger partial charge in [0.05, 0.1) is 6.33 Å². The molecule has 0 aromatic carbocycles. The second-order valence-corrected chi connectivity index (χ2v) is 5.42. The molecule has 80 valence electrons. The SMILES string of the molecule is CCn1cnc(S(=O)(=O)NCCI)c1. The van der Waals surface area contributed by atoms with Gasteiger partial charge in [0.1, 0.15) is 0 Å². The molecular weight excluding hydrogens is 317 g/mol. The van der Waals surface area contributed by atoms with Crippen LogP contribution in [0, 0.1) is 0 Å². The normalized spacial score (nSPS) is 11.9. The van der Waals surface area contributed by atoms with Gasteiger partial charge in [-0.15, -0.1) is 0 Å². The van der Waals surface area contributed by atoms with Crippen LogP contribution in [-0.2, 0) is 16.6 Å². The van der Waals surface area contributed by atoms with Crippen LogP contribution < -0.4 is 4.72 Å². The van der Waals surface area contributed by atoms with Crippen molar-refractivity contribution < 1.29 is 8.42 Å². The Morgan fingerprint density at radius 2 is 2.36 bits per heavy atom. The number of imidazole rings is 1. The summed E-state index contributed by atoms with van der Waals surface area (Å²) in [6.45, 7) is 3.08. The molecule has 0 aliphatic carbocycles. The summed E-state index contributed by atoms with van der Waals surface area (Å²) in [5.74, 6) is 0. The minimum absolute atomic E-state index is 0.0872. The van der Waals surface area contributed by atoms with Gasteiger partial charge in [-0.05, 0) is 6.92 Å². The summed E-state index contributed by atoms with van der Waals surface area (Å²) in [7, 11) is -3.40. The molecule has 7 heteroatoms. The molecular formula is C7H12IN3O2S. The van der Waals surface area contributed by atoms with E-state index in [1.165, 1.54) is 12.5 Å². The van der Waals surface area contributed by atoms with E-state index in [0.29, 0.717) is 6.54 Å². The molecule has 5 nitrogen and oxygen atoms in total. The van der Waals surface area contributed by atoms with Crippen LogP contribution >= 0.6 is 22.6 Å². The van der Waals surface area contributed by atoms with Crippen molar-refractivity contribution in [2.45, 2.75) is 18.5 Å². The number of rotatable bonds is 5. The Morgan fingerprint density at radius 1 is 1.64 bits per heavy atom. The van der Waals surface area contributed by atoms with Gasteiger partial charge in [-0.2, -0.15) is 0 Å². The molecule has 1 aromatic heterocycles. The van der Waals surface area contributed by atoms with Gasteiger partial charge in [0.25, 0.3) is 10.0 Å². The molecule has 1 aromatic rings. The van der Waals surface area contributed by atoms with E-state index in [-0.39, 0.29) is 5.03 Å². The van der Waals surface area contributed by atoms with Crippen LogP contribution in [0.5, 0.6) is 0 Å². The average molecular weight is 329 g/mol. The number of nitrogens with zero attached hydrogens (tertiary/aromatic N) is 2. The van der Waals surface area contributed by atoms with Crippen molar-refractivity contribution in [1.29, 1.82) is 0 Å². The predicted molar refractivity (Wildman–Crippen MR) is 62.0 cm³/mol. The van der Waals surface area contributed by atoms with E-state index in [4.69, 9.17) is 0 Å². The van der Waals surface area contributed by atoms with Crippen LogP contribution in [0.15, 0.2) is 17.6 Å². The summed E-state index contributed by atoms with van der Waals surface area (Å²) in [5.41, 5.74) is 0. The van der Waals surface area contributed by atoms with Crippen molar-refractivity contribution in [3.05, 3.63) is 12.5 Å². The third-order valence-corrected chi connectivity index (χ3v) is 3.52. The van der Waals surface area contributed by atoms with Crippen LogP contribution in [0.3, 0.4) is 0 Å². The fourth-order valence-corrected chi connectivity index (χ4v) is 2.51. The van der Waals surface area contributed by atoms with Crippen molar-refractivity contribution in [3.8, 4) is 0 Å². The summed E-state index contributed by atoms with van der Waals surface area (Å²) in [6.07, 6.45) is 3.04. The van der Waals surface area contributed by atoms with E-state index in [0.717, 1.165) is 11.0 Å². The zero-order chi connectivity index (χ0) is 10.6. The Balaban J connectivity index is 2.81. The van der Waals surface area contributed by atoms with Crippen LogP contribution in [0.25, 0.3) is 0 Å². The Morgan fingerprint density at radius 3 is 2.86 bits per heavy atom. The first-order chi connectivity index (χ1) is 6.60.